The third-order valence-corrected chi connectivity index (χ3v) is 2.51. The molecule has 0 atom stereocenters. The molecule has 82 valence electrons. The quantitative estimate of drug-likeness (QED) is 0.925. The smallest absolute Gasteiger partial charge is 0.338 e. The Kier molecular flexibility index (Phi) is 3.57. The molecule has 0 unspecified atom stereocenters. The summed E-state index contributed by atoms with van der Waals surface area (Å²) in [6.45, 7) is 0. The van der Waals surface area contributed by atoms with Gasteiger partial charge >= 0.3 is 5.97 Å². The van der Waals surface area contributed by atoms with Crippen molar-refractivity contribution in [1.29, 1.82) is 0 Å². The molecule has 0 radical (unpaired) electrons. The Morgan fingerprint density at radius 3 is 2.67 bits per heavy atom. The van der Waals surface area contributed by atoms with Crippen molar-refractivity contribution in [2.75, 3.05) is 7.11 Å². The Morgan fingerprint density at radius 2 is 2.27 bits per heavy atom. The molecule has 1 N–H and O–H groups in total. The largest absolute Gasteiger partial charge is 0.481 e. The summed E-state index contributed by atoms with van der Waals surface area (Å²) in [6.07, 6.45) is -1.90. The van der Waals surface area contributed by atoms with Gasteiger partial charge < -0.3 is 9.84 Å². The number of nitrogens with zero attached hydrogens (tertiary/aromatic N) is 1. The summed E-state index contributed by atoms with van der Waals surface area (Å²) in [5, 5.41) is 8.68. The SMILES string of the molecule is COc1ncc(C(=O)O)c(Br)c1C(F)F. The summed E-state index contributed by atoms with van der Waals surface area (Å²) >= 11 is 2.79. The lowest BCUT2D eigenvalue weighted by Crippen LogP contribution is -2.05. The Labute approximate surface area is 92.0 Å². The Morgan fingerprint density at radius 1 is 1.67 bits per heavy atom. The van der Waals surface area contributed by atoms with E-state index in [1.807, 2.05) is 0 Å². The number of pyridine rings is 1. The molecule has 0 bridgehead atoms. The van der Waals surface area contributed by atoms with E-state index in [-0.39, 0.29) is 15.9 Å². The van der Waals surface area contributed by atoms with Crippen LogP contribution in [-0.4, -0.2) is 23.2 Å². The molecule has 0 amide bonds. The van der Waals surface area contributed by atoms with Gasteiger partial charge in [0.25, 0.3) is 6.43 Å². The number of carboxylic acids is 1. The summed E-state index contributed by atoms with van der Waals surface area (Å²) in [4.78, 5) is 14.1. The number of carboxylic acid groups (broad SMARTS) is 1. The van der Waals surface area contributed by atoms with Crippen LogP contribution < -0.4 is 4.74 Å². The van der Waals surface area contributed by atoms with Crippen molar-refractivity contribution in [2.24, 2.45) is 0 Å². The summed E-state index contributed by atoms with van der Waals surface area (Å²) in [6, 6.07) is 0. The van der Waals surface area contributed by atoms with Gasteiger partial charge in [-0.3, -0.25) is 0 Å². The molecule has 15 heavy (non-hydrogen) atoms. The highest BCUT2D eigenvalue weighted by molar-refractivity contribution is 9.10. The highest BCUT2D eigenvalue weighted by Gasteiger charge is 2.24. The van der Waals surface area contributed by atoms with Crippen molar-refractivity contribution in [3.8, 4) is 5.88 Å². The normalized spacial score (nSPS) is 10.5. The fourth-order valence-electron chi connectivity index (χ4n) is 0.989. The standard InChI is InChI=1S/C8H6BrF2NO3/c1-15-7-4(6(10)11)5(9)3(2-12-7)8(13)14/h2,6H,1H3,(H,13,14). The number of alkyl halides is 2. The average Bonchev–Trinajstić information content (AvgIpc) is 2.15. The first-order valence-corrected chi connectivity index (χ1v) is 4.52. The minimum atomic E-state index is -2.86. The lowest BCUT2D eigenvalue weighted by molar-refractivity contribution is 0.0694. The second-order valence-electron chi connectivity index (χ2n) is 2.51. The number of carbonyl (C=O) groups is 1. The predicted octanol–water partition coefficient (Wildman–Crippen LogP) is 2.49. The molecule has 0 spiro atoms. The van der Waals surface area contributed by atoms with Crippen LogP contribution in [0.2, 0.25) is 0 Å². The van der Waals surface area contributed by atoms with E-state index in [1.54, 1.807) is 0 Å². The van der Waals surface area contributed by atoms with Gasteiger partial charge in [-0.25, -0.2) is 18.6 Å². The number of rotatable bonds is 3. The number of methoxy groups -OCH3 is 1. The van der Waals surface area contributed by atoms with Crippen LogP contribution in [0, 0.1) is 0 Å². The van der Waals surface area contributed by atoms with Crippen LogP contribution in [0.25, 0.3) is 0 Å². The lowest BCUT2D eigenvalue weighted by Gasteiger charge is -2.10. The highest BCUT2D eigenvalue weighted by atomic mass is 79.9. The minimum absolute atomic E-state index is 0.211. The van der Waals surface area contributed by atoms with Gasteiger partial charge in [-0.05, 0) is 15.9 Å². The third-order valence-electron chi connectivity index (χ3n) is 1.66. The molecule has 1 aromatic heterocycles. The van der Waals surface area contributed by atoms with Gasteiger partial charge in [-0.2, -0.15) is 0 Å². The number of hydrogen-bond acceptors (Lipinski definition) is 3. The molecule has 1 aromatic rings. The second kappa shape index (κ2) is 4.52. The summed E-state index contributed by atoms with van der Waals surface area (Å²) in [7, 11) is 1.18. The van der Waals surface area contributed by atoms with E-state index in [9.17, 15) is 13.6 Å². The van der Waals surface area contributed by atoms with Gasteiger partial charge in [0.15, 0.2) is 0 Å². The first-order valence-electron chi connectivity index (χ1n) is 3.72. The number of aromatic nitrogens is 1. The minimum Gasteiger partial charge on any atom is -0.481 e. The molecule has 0 aromatic carbocycles. The van der Waals surface area contributed by atoms with Crippen molar-refractivity contribution in [3.63, 3.8) is 0 Å². The average molecular weight is 282 g/mol. The lowest BCUT2D eigenvalue weighted by atomic mass is 10.2. The molecule has 4 nitrogen and oxygen atoms in total. The maximum atomic E-state index is 12.6. The predicted molar refractivity (Wildman–Crippen MR) is 50.4 cm³/mol. The van der Waals surface area contributed by atoms with Gasteiger partial charge in [0.05, 0.1) is 18.2 Å². The van der Waals surface area contributed by atoms with Gasteiger partial charge in [-0.15, -0.1) is 0 Å². The van der Waals surface area contributed by atoms with E-state index < -0.39 is 18.0 Å². The zero-order valence-corrected chi connectivity index (χ0v) is 9.09. The van der Waals surface area contributed by atoms with Crippen molar-refractivity contribution >= 4 is 21.9 Å². The Bertz CT molecular complexity index is 398. The van der Waals surface area contributed by atoms with Crippen LogP contribution >= 0.6 is 15.9 Å². The molecule has 0 aliphatic heterocycles. The zero-order valence-electron chi connectivity index (χ0n) is 7.50. The van der Waals surface area contributed by atoms with Gasteiger partial charge in [0.1, 0.15) is 0 Å². The second-order valence-corrected chi connectivity index (χ2v) is 3.31. The van der Waals surface area contributed by atoms with E-state index in [0.717, 1.165) is 6.20 Å². The first kappa shape index (κ1) is 11.8. The van der Waals surface area contributed by atoms with E-state index in [4.69, 9.17) is 5.11 Å². The number of ether oxygens (including phenoxy) is 1. The number of aromatic carboxylic acids is 1. The van der Waals surface area contributed by atoms with E-state index in [0.29, 0.717) is 0 Å². The highest BCUT2D eigenvalue weighted by Crippen LogP contribution is 2.35. The van der Waals surface area contributed by atoms with Gasteiger partial charge in [0.2, 0.25) is 5.88 Å². The van der Waals surface area contributed by atoms with Crippen LogP contribution in [0.5, 0.6) is 5.88 Å². The van der Waals surface area contributed by atoms with E-state index in [1.165, 1.54) is 7.11 Å². The van der Waals surface area contributed by atoms with Crippen molar-refractivity contribution in [1.82, 2.24) is 4.98 Å². The monoisotopic (exact) mass is 281 g/mol. The topological polar surface area (TPSA) is 59.4 Å². The Balaban J connectivity index is 3.42. The molecule has 1 heterocycles. The van der Waals surface area contributed by atoms with Crippen molar-refractivity contribution in [3.05, 3.63) is 21.8 Å². The van der Waals surface area contributed by atoms with Gasteiger partial charge in [-0.1, -0.05) is 0 Å². The molecule has 0 aliphatic rings. The molecule has 0 saturated carbocycles. The van der Waals surface area contributed by atoms with E-state index in [2.05, 4.69) is 25.7 Å². The first-order chi connectivity index (χ1) is 6.99. The third kappa shape index (κ3) is 2.23. The van der Waals surface area contributed by atoms with Crippen LogP contribution in [0.1, 0.15) is 22.3 Å². The maximum Gasteiger partial charge on any atom is 0.338 e. The van der Waals surface area contributed by atoms with E-state index >= 15 is 0 Å². The summed E-state index contributed by atoms with van der Waals surface area (Å²) in [5.74, 6) is -1.62. The van der Waals surface area contributed by atoms with Crippen molar-refractivity contribution in [2.45, 2.75) is 6.43 Å². The molecular weight excluding hydrogens is 276 g/mol. The number of halogens is 3. The Hall–Kier alpha value is -1.24. The van der Waals surface area contributed by atoms with Crippen LogP contribution in [0.4, 0.5) is 8.78 Å². The summed E-state index contributed by atoms with van der Waals surface area (Å²) < 4.78 is 29.5. The fraction of sp³-hybridized carbons (Fsp3) is 0.250. The van der Waals surface area contributed by atoms with Crippen LogP contribution in [0.15, 0.2) is 10.7 Å². The van der Waals surface area contributed by atoms with Crippen molar-refractivity contribution < 1.29 is 23.4 Å². The maximum absolute atomic E-state index is 12.6. The fourth-order valence-corrected chi connectivity index (χ4v) is 1.60. The molecule has 0 aliphatic carbocycles. The number of hydrogen-bond donors (Lipinski definition) is 1. The molecule has 7 heteroatoms. The summed E-state index contributed by atoms with van der Waals surface area (Å²) in [5.41, 5.74) is -0.886. The molecule has 0 saturated heterocycles. The molecule has 0 fully saturated rings. The van der Waals surface area contributed by atoms with Crippen LogP contribution in [-0.2, 0) is 0 Å². The molecular formula is C8H6BrF2NO3. The van der Waals surface area contributed by atoms with Crippen LogP contribution in [0.3, 0.4) is 0 Å². The zero-order chi connectivity index (χ0) is 11.6. The van der Waals surface area contributed by atoms with Gasteiger partial charge in [0, 0.05) is 10.7 Å². The molecule has 1 rings (SSSR count).